The summed E-state index contributed by atoms with van der Waals surface area (Å²) in [5, 5.41) is 6.14. The van der Waals surface area contributed by atoms with Gasteiger partial charge in [0.25, 0.3) is 0 Å². The van der Waals surface area contributed by atoms with Gasteiger partial charge in [-0.25, -0.2) is 13.4 Å². The van der Waals surface area contributed by atoms with Crippen LogP contribution in [0.3, 0.4) is 0 Å². The zero-order chi connectivity index (χ0) is 22.0. The Morgan fingerprint density at radius 3 is 2.65 bits per heavy atom. The zero-order valence-electron chi connectivity index (χ0n) is 16.2. The molecule has 1 aliphatic heterocycles. The third-order valence-corrected chi connectivity index (χ3v) is 8.23. The van der Waals surface area contributed by atoms with Crippen molar-refractivity contribution in [1.82, 2.24) is 14.3 Å². The van der Waals surface area contributed by atoms with E-state index in [4.69, 9.17) is 23.2 Å². The number of halogens is 2. The van der Waals surface area contributed by atoms with Gasteiger partial charge in [-0.2, -0.15) is 4.31 Å². The van der Waals surface area contributed by atoms with E-state index < -0.39 is 10.0 Å². The second-order valence-electron chi connectivity index (χ2n) is 7.02. The van der Waals surface area contributed by atoms with Crippen molar-refractivity contribution in [3.05, 3.63) is 58.2 Å². The van der Waals surface area contributed by atoms with Crippen LogP contribution in [0.4, 0.5) is 5.13 Å². The van der Waals surface area contributed by atoms with Crippen LogP contribution in [0.1, 0.15) is 12.8 Å². The molecule has 1 saturated heterocycles. The largest absolute Gasteiger partial charge is 0.302 e. The number of benzene rings is 1. The summed E-state index contributed by atoms with van der Waals surface area (Å²) in [5.74, 6) is -0.451. The van der Waals surface area contributed by atoms with E-state index in [0.717, 1.165) is 5.56 Å². The first-order chi connectivity index (χ1) is 14.8. The summed E-state index contributed by atoms with van der Waals surface area (Å²) >= 11 is 13.5. The van der Waals surface area contributed by atoms with Crippen LogP contribution in [0.2, 0.25) is 10.0 Å². The van der Waals surface area contributed by atoms with Crippen LogP contribution in [0.15, 0.2) is 53.0 Å². The quantitative estimate of drug-likeness (QED) is 0.559. The van der Waals surface area contributed by atoms with E-state index >= 15 is 0 Å². The fourth-order valence-corrected chi connectivity index (χ4v) is 6.02. The number of sulfonamides is 1. The molecule has 1 amide bonds. The summed E-state index contributed by atoms with van der Waals surface area (Å²) in [6, 6.07) is 8.27. The van der Waals surface area contributed by atoms with Crippen LogP contribution < -0.4 is 5.32 Å². The molecule has 31 heavy (non-hydrogen) atoms. The fourth-order valence-electron chi connectivity index (χ4n) is 3.37. The molecule has 1 aromatic carbocycles. The summed E-state index contributed by atoms with van der Waals surface area (Å²) in [6.45, 7) is 0.553. The van der Waals surface area contributed by atoms with E-state index in [2.05, 4.69) is 15.3 Å². The van der Waals surface area contributed by atoms with E-state index in [1.165, 1.54) is 34.1 Å². The van der Waals surface area contributed by atoms with Crippen LogP contribution >= 0.6 is 34.5 Å². The monoisotopic (exact) mass is 496 g/mol. The molecule has 2 aromatic heterocycles. The van der Waals surface area contributed by atoms with Gasteiger partial charge in [-0.1, -0.05) is 23.2 Å². The number of nitrogens with one attached hydrogen (secondary N) is 1. The van der Waals surface area contributed by atoms with Gasteiger partial charge in [0, 0.05) is 47.4 Å². The second kappa shape index (κ2) is 9.22. The highest BCUT2D eigenvalue weighted by atomic mass is 35.5. The number of hydrogen-bond donors (Lipinski definition) is 1. The average molecular weight is 497 g/mol. The molecule has 0 atom stereocenters. The number of pyridine rings is 1. The number of carbonyl (C=O) groups is 1. The molecule has 7 nitrogen and oxygen atoms in total. The van der Waals surface area contributed by atoms with Gasteiger partial charge in [-0.15, -0.1) is 11.3 Å². The van der Waals surface area contributed by atoms with Crippen molar-refractivity contribution in [3.8, 4) is 11.3 Å². The highest BCUT2D eigenvalue weighted by Crippen LogP contribution is 2.33. The van der Waals surface area contributed by atoms with Gasteiger partial charge < -0.3 is 5.32 Å². The van der Waals surface area contributed by atoms with Crippen LogP contribution in [-0.2, 0) is 14.8 Å². The van der Waals surface area contributed by atoms with Gasteiger partial charge in [-0.3, -0.25) is 9.78 Å². The van der Waals surface area contributed by atoms with Crippen molar-refractivity contribution < 1.29 is 13.2 Å². The summed E-state index contributed by atoms with van der Waals surface area (Å²) in [6.07, 6.45) is 3.74. The van der Waals surface area contributed by atoms with Crippen molar-refractivity contribution in [2.45, 2.75) is 17.7 Å². The number of piperidine rings is 1. The lowest BCUT2D eigenvalue weighted by Gasteiger charge is -2.30. The van der Waals surface area contributed by atoms with Crippen LogP contribution in [0.25, 0.3) is 11.3 Å². The van der Waals surface area contributed by atoms with E-state index in [9.17, 15) is 13.2 Å². The van der Waals surface area contributed by atoms with Crippen molar-refractivity contribution in [2.75, 3.05) is 18.4 Å². The van der Waals surface area contributed by atoms with Gasteiger partial charge >= 0.3 is 0 Å². The second-order valence-corrected chi connectivity index (χ2v) is 10.7. The Labute approximate surface area is 194 Å². The highest BCUT2D eigenvalue weighted by Gasteiger charge is 2.32. The Hall–Kier alpha value is -2.04. The Morgan fingerprint density at radius 2 is 1.97 bits per heavy atom. The number of aromatic nitrogens is 2. The lowest BCUT2D eigenvalue weighted by atomic mass is 9.97. The molecule has 0 aliphatic carbocycles. The summed E-state index contributed by atoms with van der Waals surface area (Å²) in [4.78, 5) is 21.2. The molecule has 162 valence electrons. The Balaban J connectivity index is 1.37. The highest BCUT2D eigenvalue weighted by molar-refractivity contribution is 7.89. The molecule has 1 fully saturated rings. The predicted octanol–water partition coefficient (Wildman–Crippen LogP) is 4.55. The Bertz CT molecular complexity index is 1190. The number of hydrogen-bond acceptors (Lipinski definition) is 6. The predicted molar refractivity (Wildman–Crippen MR) is 122 cm³/mol. The Kier molecular flexibility index (Phi) is 6.59. The first kappa shape index (κ1) is 22.2. The van der Waals surface area contributed by atoms with E-state index in [1.54, 1.807) is 24.3 Å². The third-order valence-electron chi connectivity index (χ3n) is 5.04. The molecular formula is C20H18Cl2N4O3S2. The van der Waals surface area contributed by atoms with E-state index in [0.29, 0.717) is 33.7 Å². The van der Waals surface area contributed by atoms with Crippen LogP contribution in [0, 0.1) is 5.92 Å². The van der Waals surface area contributed by atoms with Gasteiger partial charge in [0.2, 0.25) is 15.9 Å². The molecule has 0 saturated carbocycles. The lowest BCUT2D eigenvalue weighted by Crippen LogP contribution is -2.41. The first-order valence-corrected chi connectivity index (χ1v) is 12.5. The van der Waals surface area contributed by atoms with E-state index in [1.807, 2.05) is 5.38 Å². The molecule has 3 heterocycles. The van der Waals surface area contributed by atoms with Crippen molar-refractivity contribution in [1.29, 1.82) is 0 Å². The molecule has 0 spiro atoms. The minimum Gasteiger partial charge on any atom is -0.302 e. The maximum atomic E-state index is 12.7. The minimum atomic E-state index is -3.60. The van der Waals surface area contributed by atoms with Crippen molar-refractivity contribution in [3.63, 3.8) is 0 Å². The number of nitrogens with zero attached hydrogens (tertiary/aromatic N) is 3. The first-order valence-electron chi connectivity index (χ1n) is 9.46. The number of rotatable bonds is 5. The third kappa shape index (κ3) is 4.91. The number of anilines is 1. The summed E-state index contributed by atoms with van der Waals surface area (Å²) < 4.78 is 26.8. The standard InChI is InChI=1S/C20H18Cl2N4O3S2/c21-14-3-4-16(17(22)10-14)18-12-30-20(24-18)25-19(27)13-5-8-26(9-6-13)31(28,29)15-2-1-7-23-11-15/h1-4,7,10-13H,5-6,8-9H2,(H,24,25,27). The molecule has 0 unspecified atom stereocenters. The summed E-state index contributed by atoms with van der Waals surface area (Å²) in [5.41, 5.74) is 1.39. The number of carbonyl (C=O) groups excluding carboxylic acids is 1. The number of amides is 1. The average Bonchev–Trinajstić information content (AvgIpc) is 3.22. The van der Waals surface area contributed by atoms with Crippen LogP contribution in [0.5, 0.6) is 0 Å². The Morgan fingerprint density at radius 1 is 1.19 bits per heavy atom. The fraction of sp³-hybridized carbons (Fsp3) is 0.250. The molecule has 3 aromatic rings. The van der Waals surface area contributed by atoms with Gasteiger partial charge in [-0.05, 0) is 43.2 Å². The molecule has 11 heteroatoms. The van der Waals surface area contributed by atoms with Crippen LogP contribution in [-0.4, -0.2) is 41.7 Å². The maximum Gasteiger partial charge on any atom is 0.244 e. The van der Waals surface area contributed by atoms with Crippen molar-refractivity contribution >= 4 is 55.6 Å². The molecule has 1 N–H and O–H groups in total. The summed E-state index contributed by atoms with van der Waals surface area (Å²) in [7, 11) is -3.60. The van der Waals surface area contributed by atoms with Crippen molar-refractivity contribution in [2.24, 2.45) is 5.92 Å². The SMILES string of the molecule is O=C(Nc1nc(-c2ccc(Cl)cc2Cl)cs1)C1CCN(S(=O)(=O)c2cccnc2)CC1. The lowest BCUT2D eigenvalue weighted by molar-refractivity contribution is -0.120. The topological polar surface area (TPSA) is 92.3 Å². The molecular weight excluding hydrogens is 479 g/mol. The molecule has 1 aliphatic rings. The molecule has 0 radical (unpaired) electrons. The number of thiazole rings is 1. The normalized spacial score (nSPS) is 15.7. The smallest absolute Gasteiger partial charge is 0.244 e. The minimum absolute atomic E-state index is 0.161. The van der Waals surface area contributed by atoms with Gasteiger partial charge in [0.1, 0.15) is 4.90 Å². The van der Waals surface area contributed by atoms with Gasteiger partial charge in [0.15, 0.2) is 5.13 Å². The van der Waals surface area contributed by atoms with E-state index in [-0.39, 0.29) is 29.8 Å². The molecule has 0 bridgehead atoms. The maximum absolute atomic E-state index is 12.7. The van der Waals surface area contributed by atoms with Gasteiger partial charge in [0.05, 0.1) is 10.7 Å². The molecule has 4 rings (SSSR count). The zero-order valence-corrected chi connectivity index (χ0v) is 19.3.